The Morgan fingerprint density at radius 2 is 2.04 bits per heavy atom. The predicted octanol–water partition coefficient (Wildman–Crippen LogP) is 5.38. The molecule has 0 radical (unpaired) electrons. The minimum atomic E-state index is -1.04. The maximum Gasteiger partial charge on any atom is 0.186 e. The van der Waals surface area contributed by atoms with Gasteiger partial charge in [0.25, 0.3) is 0 Å². The Morgan fingerprint density at radius 3 is 2.75 bits per heavy atom. The fourth-order valence-electron chi connectivity index (χ4n) is 3.31. The highest BCUT2D eigenvalue weighted by Gasteiger charge is 2.61. The van der Waals surface area contributed by atoms with E-state index < -0.39 is 23.3 Å². The largest absolute Gasteiger partial charge is 0.354 e. The van der Waals surface area contributed by atoms with Crippen LogP contribution in [0, 0.1) is 11.6 Å². The van der Waals surface area contributed by atoms with E-state index >= 15 is 0 Å². The molecule has 0 unspecified atom stereocenters. The summed E-state index contributed by atoms with van der Waals surface area (Å²) >= 11 is 7.90. The van der Waals surface area contributed by atoms with Gasteiger partial charge < -0.3 is 4.74 Å². The smallest absolute Gasteiger partial charge is 0.186 e. The Bertz CT molecular complexity index is 1010. The summed E-state index contributed by atoms with van der Waals surface area (Å²) in [5, 5.41) is 5.85. The van der Waals surface area contributed by atoms with Gasteiger partial charge in [-0.15, -0.1) is 0 Å². The van der Waals surface area contributed by atoms with Gasteiger partial charge in [-0.1, -0.05) is 61.5 Å². The Morgan fingerprint density at radius 1 is 1.25 bits per heavy atom. The standard InChI is InChI=1S/C20H18ClF2N3OS/c1-12(2)28-19-24-11-25-26(19)10-20(15-8-7-13(22)9-17(15)23)18(27-20)14-5-3-4-6-16(14)21/h3-9,11-12,18H,10H2,1-2H3/t18-,20+/m1/s1. The van der Waals surface area contributed by atoms with Crippen molar-refractivity contribution in [3.8, 4) is 0 Å². The van der Waals surface area contributed by atoms with Crippen molar-refractivity contribution in [1.29, 1.82) is 0 Å². The molecule has 0 aliphatic carbocycles. The molecule has 0 amide bonds. The molecule has 1 fully saturated rings. The van der Waals surface area contributed by atoms with E-state index in [1.807, 2.05) is 18.2 Å². The molecule has 4 nitrogen and oxygen atoms in total. The molecule has 3 aromatic rings. The minimum absolute atomic E-state index is 0.237. The SMILES string of the molecule is CC(C)Sc1ncnn1C[C@@]1(c2ccc(F)cc2F)O[C@@H]1c1ccccc1Cl. The summed E-state index contributed by atoms with van der Waals surface area (Å²) in [6, 6.07) is 10.8. The van der Waals surface area contributed by atoms with Crippen molar-refractivity contribution in [3.05, 3.63) is 76.6 Å². The summed E-state index contributed by atoms with van der Waals surface area (Å²) in [6.07, 6.45) is 0.994. The van der Waals surface area contributed by atoms with E-state index in [4.69, 9.17) is 16.3 Å². The van der Waals surface area contributed by atoms with Crippen molar-refractivity contribution in [3.63, 3.8) is 0 Å². The Balaban J connectivity index is 1.76. The molecule has 0 bridgehead atoms. The van der Waals surface area contributed by atoms with E-state index in [0.717, 1.165) is 11.6 Å². The van der Waals surface area contributed by atoms with Crippen molar-refractivity contribution in [2.45, 2.75) is 42.5 Å². The molecule has 146 valence electrons. The summed E-state index contributed by atoms with van der Waals surface area (Å²) in [6.45, 7) is 4.35. The molecule has 2 aromatic carbocycles. The highest BCUT2D eigenvalue weighted by Crippen LogP contribution is 2.59. The lowest BCUT2D eigenvalue weighted by Gasteiger charge is -2.17. The Kier molecular flexibility index (Phi) is 5.16. The van der Waals surface area contributed by atoms with Crippen LogP contribution in [0.4, 0.5) is 8.78 Å². The number of nitrogens with zero attached hydrogens (tertiary/aromatic N) is 3. The zero-order valence-electron chi connectivity index (χ0n) is 15.3. The lowest BCUT2D eigenvalue weighted by Crippen LogP contribution is -2.22. The molecule has 28 heavy (non-hydrogen) atoms. The fraction of sp³-hybridized carbons (Fsp3) is 0.300. The lowest BCUT2D eigenvalue weighted by molar-refractivity contribution is 0.250. The van der Waals surface area contributed by atoms with E-state index in [1.54, 1.807) is 22.5 Å². The zero-order chi connectivity index (χ0) is 19.9. The fourth-order valence-corrected chi connectivity index (χ4v) is 4.31. The highest BCUT2D eigenvalue weighted by molar-refractivity contribution is 7.99. The number of rotatable bonds is 6. The summed E-state index contributed by atoms with van der Waals surface area (Å²) in [4.78, 5) is 4.29. The molecular weight excluding hydrogens is 404 g/mol. The van der Waals surface area contributed by atoms with Crippen LogP contribution >= 0.6 is 23.4 Å². The van der Waals surface area contributed by atoms with Crippen LogP contribution in [0.3, 0.4) is 0 Å². The quantitative estimate of drug-likeness (QED) is 0.396. The monoisotopic (exact) mass is 421 g/mol. The average Bonchev–Trinajstić information content (AvgIpc) is 3.18. The maximum atomic E-state index is 14.7. The third-order valence-corrected chi connectivity index (χ3v) is 5.92. The van der Waals surface area contributed by atoms with Crippen molar-refractivity contribution in [2.24, 2.45) is 0 Å². The van der Waals surface area contributed by atoms with Gasteiger partial charge in [-0.05, 0) is 12.1 Å². The summed E-state index contributed by atoms with van der Waals surface area (Å²) in [5.74, 6) is -1.30. The molecular formula is C20H18ClF2N3OS. The first-order valence-electron chi connectivity index (χ1n) is 8.83. The molecule has 0 saturated carbocycles. The van der Waals surface area contributed by atoms with Crippen LogP contribution in [0.1, 0.15) is 31.1 Å². The summed E-state index contributed by atoms with van der Waals surface area (Å²) < 4.78 is 36.0. The van der Waals surface area contributed by atoms with Gasteiger partial charge in [0.1, 0.15) is 29.7 Å². The van der Waals surface area contributed by atoms with Gasteiger partial charge in [0, 0.05) is 27.5 Å². The second kappa shape index (κ2) is 7.46. The number of ether oxygens (including phenoxy) is 1. The van der Waals surface area contributed by atoms with Crippen LogP contribution in [0.5, 0.6) is 0 Å². The van der Waals surface area contributed by atoms with Gasteiger partial charge in [-0.25, -0.2) is 18.4 Å². The number of thioether (sulfide) groups is 1. The minimum Gasteiger partial charge on any atom is -0.354 e. The lowest BCUT2D eigenvalue weighted by atomic mass is 9.91. The van der Waals surface area contributed by atoms with Crippen molar-refractivity contribution in [2.75, 3.05) is 0 Å². The van der Waals surface area contributed by atoms with E-state index in [1.165, 1.54) is 18.5 Å². The van der Waals surface area contributed by atoms with Gasteiger partial charge in [0.15, 0.2) is 5.16 Å². The predicted molar refractivity (Wildman–Crippen MR) is 104 cm³/mol. The maximum absolute atomic E-state index is 14.7. The topological polar surface area (TPSA) is 43.2 Å². The molecule has 1 aromatic heterocycles. The normalized spacial score (nSPS) is 21.3. The van der Waals surface area contributed by atoms with Crippen molar-refractivity contribution >= 4 is 23.4 Å². The molecule has 2 atom stereocenters. The molecule has 4 rings (SSSR count). The Hall–Kier alpha value is -1.96. The van der Waals surface area contributed by atoms with E-state index in [2.05, 4.69) is 23.9 Å². The van der Waals surface area contributed by atoms with E-state index in [9.17, 15) is 8.78 Å². The van der Waals surface area contributed by atoms with Crippen LogP contribution in [-0.2, 0) is 16.9 Å². The van der Waals surface area contributed by atoms with E-state index in [-0.39, 0.29) is 12.1 Å². The van der Waals surface area contributed by atoms with Crippen LogP contribution in [0.15, 0.2) is 53.9 Å². The van der Waals surface area contributed by atoms with Crippen LogP contribution in [0.25, 0.3) is 0 Å². The summed E-state index contributed by atoms with van der Waals surface area (Å²) in [5.41, 5.74) is -0.0103. The van der Waals surface area contributed by atoms with Crippen LogP contribution in [0.2, 0.25) is 5.02 Å². The van der Waals surface area contributed by atoms with Crippen LogP contribution < -0.4 is 0 Å². The molecule has 0 N–H and O–H groups in total. The Labute approximate surface area is 170 Å². The van der Waals surface area contributed by atoms with Crippen LogP contribution in [-0.4, -0.2) is 20.0 Å². The van der Waals surface area contributed by atoms with Crippen molar-refractivity contribution in [1.82, 2.24) is 14.8 Å². The molecule has 2 heterocycles. The summed E-state index contributed by atoms with van der Waals surface area (Å²) in [7, 11) is 0. The first-order chi connectivity index (χ1) is 13.4. The van der Waals surface area contributed by atoms with E-state index in [0.29, 0.717) is 15.4 Å². The van der Waals surface area contributed by atoms with Gasteiger partial charge in [-0.2, -0.15) is 5.10 Å². The first-order valence-corrected chi connectivity index (χ1v) is 10.1. The number of halogens is 3. The number of aromatic nitrogens is 3. The van der Waals surface area contributed by atoms with Crippen molar-refractivity contribution < 1.29 is 13.5 Å². The van der Waals surface area contributed by atoms with Gasteiger partial charge >= 0.3 is 0 Å². The average molecular weight is 422 g/mol. The van der Waals surface area contributed by atoms with Gasteiger partial charge in [0.05, 0.1) is 6.54 Å². The third kappa shape index (κ3) is 3.54. The zero-order valence-corrected chi connectivity index (χ0v) is 16.8. The van der Waals surface area contributed by atoms with Gasteiger partial charge in [0.2, 0.25) is 0 Å². The second-order valence-electron chi connectivity index (χ2n) is 6.90. The highest BCUT2D eigenvalue weighted by atomic mass is 35.5. The number of hydrogen-bond donors (Lipinski definition) is 0. The number of benzene rings is 2. The molecule has 8 heteroatoms. The molecule has 1 aliphatic heterocycles. The molecule has 1 aliphatic rings. The molecule has 0 spiro atoms. The first kappa shape index (κ1) is 19.4. The second-order valence-corrected chi connectivity index (χ2v) is 8.85. The number of epoxide rings is 1. The van der Waals surface area contributed by atoms with Gasteiger partial charge in [-0.3, -0.25) is 0 Å². The number of hydrogen-bond acceptors (Lipinski definition) is 4. The molecule has 1 saturated heterocycles. The third-order valence-electron chi connectivity index (χ3n) is 4.57.